The SMILES string of the molecule is CCC1CCCC1NCCC(C)C. The average Bonchev–Trinajstić information content (AvgIpc) is 2.51. The first kappa shape index (κ1) is 11.0. The van der Waals surface area contributed by atoms with Crippen molar-refractivity contribution in [3.63, 3.8) is 0 Å². The van der Waals surface area contributed by atoms with Gasteiger partial charge in [-0.3, -0.25) is 0 Å². The summed E-state index contributed by atoms with van der Waals surface area (Å²) in [5.41, 5.74) is 0. The fourth-order valence-electron chi connectivity index (χ4n) is 2.35. The van der Waals surface area contributed by atoms with Crippen LogP contribution in [0.4, 0.5) is 0 Å². The van der Waals surface area contributed by atoms with E-state index in [0.717, 1.165) is 17.9 Å². The molecular formula is C12H25N. The van der Waals surface area contributed by atoms with E-state index in [1.54, 1.807) is 0 Å². The van der Waals surface area contributed by atoms with Gasteiger partial charge in [0, 0.05) is 6.04 Å². The van der Waals surface area contributed by atoms with E-state index in [1.165, 1.54) is 38.6 Å². The van der Waals surface area contributed by atoms with Gasteiger partial charge in [0.2, 0.25) is 0 Å². The van der Waals surface area contributed by atoms with Gasteiger partial charge in [-0.1, -0.05) is 33.6 Å². The predicted octanol–water partition coefficient (Wildman–Crippen LogP) is 3.20. The highest BCUT2D eigenvalue weighted by atomic mass is 14.9. The fourth-order valence-corrected chi connectivity index (χ4v) is 2.35. The Labute approximate surface area is 83.3 Å². The van der Waals surface area contributed by atoms with Gasteiger partial charge in [-0.2, -0.15) is 0 Å². The third-order valence-corrected chi connectivity index (χ3v) is 3.31. The molecule has 0 amide bonds. The van der Waals surface area contributed by atoms with Crippen molar-refractivity contribution in [3.05, 3.63) is 0 Å². The number of rotatable bonds is 5. The summed E-state index contributed by atoms with van der Waals surface area (Å²) in [6.45, 7) is 8.15. The van der Waals surface area contributed by atoms with Crippen molar-refractivity contribution in [3.8, 4) is 0 Å². The largest absolute Gasteiger partial charge is 0.314 e. The molecule has 2 atom stereocenters. The first-order chi connectivity index (χ1) is 6.24. The van der Waals surface area contributed by atoms with Gasteiger partial charge in [-0.25, -0.2) is 0 Å². The molecule has 1 fully saturated rings. The first-order valence-corrected chi connectivity index (χ1v) is 5.97. The van der Waals surface area contributed by atoms with E-state index in [1.807, 2.05) is 0 Å². The van der Waals surface area contributed by atoms with Crippen LogP contribution in [0.25, 0.3) is 0 Å². The van der Waals surface area contributed by atoms with Crippen LogP contribution >= 0.6 is 0 Å². The van der Waals surface area contributed by atoms with E-state index in [-0.39, 0.29) is 0 Å². The highest BCUT2D eigenvalue weighted by Crippen LogP contribution is 2.27. The standard InChI is InChI=1S/C12H25N/c1-4-11-6-5-7-12(11)13-9-8-10(2)3/h10-13H,4-9H2,1-3H3. The molecule has 0 saturated heterocycles. The van der Waals surface area contributed by atoms with Gasteiger partial charge in [0.1, 0.15) is 0 Å². The Kier molecular flexibility index (Phi) is 4.79. The maximum Gasteiger partial charge on any atom is 0.00952 e. The van der Waals surface area contributed by atoms with E-state index < -0.39 is 0 Å². The molecule has 0 heterocycles. The third kappa shape index (κ3) is 3.68. The van der Waals surface area contributed by atoms with Crippen molar-refractivity contribution in [2.24, 2.45) is 11.8 Å². The van der Waals surface area contributed by atoms with E-state index in [4.69, 9.17) is 0 Å². The molecule has 1 aliphatic carbocycles. The first-order valence-electron chi connectivity index (χ1n) is 5.97. The van der Waals surface area contributed by atoms with Crippen molar-refractivity contribution in [1.82, 2.24) is 5.32 Å². The molecule has 0 spiro atoms. The number of nitrogens with one attached hydrogen (secondary N) is 1. The molecule has 0 aliphatic heterocycles. The zero-order chi connectivity index (χ0) is 9.68. The molecule has 1 aliphatic rings. The summed E-state index contributed by atoms with van der Waals surface area (Å²) in [6.07, 6.45) is 7.00. The van der Waals surface area contributed by atoms with Crippen LogP contribution in [0.3, 0.4) is 0 Å². The molecule has 1 N–H and O–H groups in total. The Balaban J connectivity index is 2.13. The highest BCUT2D eigenvalue weighted by Gasteiger charge is 2.24. The minimum Gasteiger partial charge on any atom is -0.314 e. The van der Waals surface area contributed by atoms with Crippen molar-refractivity contribution in [2.75, 3.05) is 6.54 Å². The third-order valence-electron chi connectivity index (χ3n) is 3.31. The van der Waals surface area contributed by atoms with Crippen molar-refractivity contribution in [1.29, 1.82) is 0 Å². The monoisotopic (exact) mass is 183 g/mol. The highest BCUT2D eigenvalue weighted by molar-refractivity contribution is 4.82. The second kappa shape index (κ2) is 5.64. The lowest BCUT2D eigenvalue weighted by molar-refractivity contribution is 0.378. The molecule has 1 rings (SSSR count). The van der Waals surface area contributed by atoms with Crippen LogP contribution in [-0.2, 0) is 0 Å². The molecule has 0 aromatic rings. The van der Waals surface area contributed by atoms with Gasteiger partial charge in [0.25, 0.3) is 0 Å². The van der Waals surface area contributed by atoms with Gasteiger partial charge < -0.3 is 5.32 Å². The summed E-state index contributed by atoms with van der Waals surface area (Å²) in [4.78, 5) is 0. The smallest absolute Gasteiger partial charge is 0.00952 e. The zero-order valence-corrected chi connectivity index (χ0v) is 9.47. The number of hydrogen-bond donors (Lipinski definition) is 1. The molecule has 1 heteroatoms. The minimum absolute atomic E-state index is 0.837. The molecule has 78 valence electrons. The summed E-state index contributed by atoms with van der Waals surface area (Å²) in [5.74, 6) is 1.81. The summed E-state index contributed by atoms with van der Waals surface area (Å²) in [7, 11) is 0. The van der Waals surface area contributed by atoms with Crippen LogP contribution in [-0.4, -0.2) is 12.6 Å². The minimum atomic E-state index is 0.837. The lowest BCUT2D eigenvalue weighted by Gasteiger charge is -2.20. The average molecular weight is 183 g/mol. The van der Waals surface area contributed by atoms with E-state index in [2.05, 4.69) is 26.1 Å². The Bertz CT molecular complexity index is 131. The second-order valence-corrected chi connectivity index (χ2v) is 4.84. The molecule has 13 heavy (non-hydrogen) atoms. The molecule has 0 aromatic carbocycles. The van der Waals surface area contributed by atoms with Crippen LogP contribution in [0.5, 0.6) is 0 Å². The predicted molar refractivity (Wildman–Crippen MR) is 58.9 cm³/mol. The van der Waals surface area contributed by atoms with Gasteiger partial charge in [-0.15, -0.1) is 0 Å². The lowest BCUT2D eigenvalue weighted by atomic mass is 10.0. The molecular weight excluding hydrogens is 158 g/mol. The Morgan fingerprint density at radius 2 is 2.08 bits per heavy atom. The topological polar surface area (TPSA) is 12.0 Å². The maximum absolute atomic E-state index is 3.71. The fraction of sp³-hybridized carbons (Fsp3) is 1.00. The Hall–Kier alpha value is -0.0400. The van der Waals surface area contributed by atoms with Gasteiger partial charge in [0.05, 0.1) is 0 Å². The molecule has 0 bridgehead atoms. The van der Waals surface area contributed by atoms with Gasteiger partial charge in [-0.05, 0) is 37.6 Å². The molecule has 1 saturated carbocycles. The van der Waals surface area contributed by atoms with Crippen LogP contribution in [0.15, 0.2) is 0 Å². The molecule has 0 radical (unpaired) electrons. The van der Waals surface area contributed by atoms with Crippen molar-refractivity contribution < 1.29 is 0 Å². The van der Waals surface area contributed by atoms with E-state index in [0.29, 0.717) is 0 Å². The van der Waals surface area contributed by atoms with Crippen LogP contribution in [0.2, 0.25) is 0 Å². The summed E-state index contributed by atoms with van der Waals surface area (Å²) < 4.78 is 0. The lowest BCUT2D eigenvalue weighted by Crippen LogP contribution is -2.33. The molecule has 1 nitrogen and oxygen atoms in total. The van der Waals surface area contributed by atoms with Crippen molar-refractivity contribution >= 4 is 0 Å². The molecule has 2 unspecified atom stereocenters. The number of hydrogen-bond acceptors (Lipinski definition) is 1. The van der Waals surface area contributed by atoms with Crippen LogP contribution in [0, 0.1) is 11.8 Å². The zero-order valence-electron chi connectivity index (χ0n) is 9.47. The van der Waals surface area contributed by atoms with E-state index in [9.17, 15) is 0 Å². The Morgan fingerprint density at radius 1 is 1.31 bits per heavy atom. The van der Waals surface area contributed by atoms with Gasteiger partial charge >= 0.3 is 0 Å². The summed E-state index contributed by atoms with van der Waals surface area (Å²) >= 11 is 0. The van der Waals surface area contributed by atoms with Crippen molar-refractivity contribution in [2.45, 2.75) is 58.9 Å². The normalized spacial score (nSPS) is 28.6. The van der Waals surface area contributed by atoms with E-state index >= 15 is 0 Å². The Morgan fingerprint density at radius 3 is 2.69 bits per heavy atom. The molecule has 0 aromatic heterocycles. The maximum atomic E-state index is 3.71. The quantitative estimate of drug-likeness (QED) is 0.690. The summed E-state index contributed by atoms with van der Waals surface area (Å²) in [6, 6.07) is 0.837. The van der Waals surface area contributed by atoms with Gasteiger partial charge in [0.15, 0.2) is 0 Å². The van der Waals surface area contributed by atoms with Crippen LogP contribution in [0.1, 0.15) is 52.9 Å². The van der Waals surface area contributed by atoms with Crippen LogP contribution < -0.4 is 5.32 Å². The summed E-state index contributed by atoms with van der Waals surface area (Å²) in [5, 5.41) is 3.71. The second-order valence-electron chi connectivity index (χ2n) is 4.84.